The fourth-order valence-electron chi connectivity index (χ4n) is 2.52. The van der Waals surface area contributed by atoms with E-state index < -0.39 is 0 Å². The van der Waals surface area contributed by atoms with Crippen LogP contribution in [0.5, 0.6) is 0 Å². The molecule has 2 unspecified atom stereocenters. The molecule has 1 aromatic carbocycles. The minimum absolute atomic E-state index is 0.0189. The average molecular weight is 339 g/mol. The fraction of sp³-hybridized carbons (Fsp3) is 0.467. The lowest BCUT2D eigenvalue weighted by Gasteiger charge is -2.13. The number of carbonyl (C=O) groups excluding carboxylic acids is 2. The number of amides is 2. The van der Waals surface area contributed by atoms with E-state index in [1.807, 2.05) is 6.07 Å². The van der Waals surface area contributed by atoms with Crippen LogP contribution in [0, 0.1) is 5.92 Å². The number of hydrogen-bond donors (Lipinski definition) is 2. The minimum atomic E-state index is -0.243. The number of nitrogens with one attached hydrogen (secondary N) is 2. The number of benzene rings is 1. The van der Waals surface area contributed by atoms with Crippen molar-refractivity contribution in [1.82, 2.24) is 10.6 Å². The van der Waals surface area contributed by atoms with Crippen molar-refractivity contribution in [1.29, 1.82) is 0 Å². The molecule has 0 radical (unpaired) electrons. The van der Waals surface area contributed by atoms with Crippen molar-refractivity contribution < 1.29 is 9.59 Å². The Morgan fingerprint density at radius 3 is 2.70 bits per heavy atom. The molecule has 108 valence electrons. The average Bonchev–Trinajstić information content (AvgIpc) is 2.82. The minimum Gasteiger partial charge on any atom is -0.352 e. The van der Waals surface area contributed by atoms with E-state index in [9.17, 15) is 9.59 Å². The van der Waals surface area contributed by atoms with Crippen molar-refractivity contribution in [2.75, 3.05) is 6.54 Å². The highest BCUT2D eigenvalue weighted by Gasteiger charge is 2.22. The Balaban J connectivity index is 1.79. The Morgan fingerprint density at radius 1 is 1.30 bits per heavy atom. The lowest BCUT2D eigenvalue weighted by atomic mass is 10.1. The van der Waals surface area contributed by atoms with Gasteiger partial charge in [-0.3, -0.25) is 9.59 Å². The van der Waals surface area contributed by atoms with Crippen molar-refractivity contribution in [2.45, 2.75) is 32.2 Å². The molecule has 2 amide bonds. The van der Waals surface area contributed by atoms with Crippen LogP contribution in [0.4, 0.5) is 0 Å². The molecule has 1 aliphatic carbocycles. The van der Waals surface area contributed by atoms with Gasteiger partial charge in [0.05, 0.1) is 12.1 Å². The van der Waals surface area contributed by atoms with Gasteiger partial charge in [0.2, 0.25) is 5.91 Å². The predicted molar refractivity (Wildman–Crippen MR) is 81.4 cm³/mol. The zero-order valence-corrected chi connectivity index (χ0v) is 13.1. The Morgan fingerprint density at radius 2 is 2.05 bits per heavy atom. The molecule has 5 heteroatoms. The van der Waals surface area contributed by atoms with Crippen LogP contribution in [0.3, 0.4) is 0 Å². The number of halogens is 1. The van der Waals surface area contributed by atoms with E-state index >= 15 is 0 Å². The van der Waals surface area contributed by atoms with Crippen molar-refractivity contribution in [3.63, 3.8) is 0 Å². The zero-order valence-electron chi connectivity index (χ0n) is 11.5. The number of hydrogen-bond acceptors (Lipinski definition) is 2. The molecule has 1 aliphatic rings. The predicted octanol–water partition coefficient (Wildman–Crippen LogP) is 2.48. The molecule has 0 aliphatic heterocycles. The molecule has 2 N–H and O–H groups in total. The highest BCUT2D eigenvalue weighted by molar-refractivity contribution is 9.10. The van der Waals surface area contributed by atoms with Gasteiger partial charge in [-0.1, -0.05) is 19.1 Å². The van der Waals surface area contributed by atoms with Gasteiger partial charge in [-0.25, -0.2) is 0 Å². The van der Waals surface area contributed by atoms with Gasteiger partial charge in [0.25, 0.3) is 5.91 Å². The third kappa shape index (κ3) is 4.07. The first-order chi connectivity index (χ1) is 9.56. The molecule has 1 saturated carbocycles. The lowest BCUT2D eigenvalue weighted by Crippen LogP contribution is -2.41. The Kier molecular flexibility index (Phi) is 5.17. The van der Waals surface area contributed by atoms with Gasteiger partial charge in [-0.2, -0.15) is 0 Å². The van der Waals surface area contributed by atoms with E-state index in [4.69, 9.17) is 0 Å². The first-order valence-corrected chi connectivity index (χ1v) is 7.67. The SMILES string of the molecule is CC1CCC(NC(=O)CNC(=O)c2ccccc2Br)C1. The summed E-state index contributed by atoms with van der Waals surface area (Å²) in [6.07, 6.45) is 3.23. The molecule has 2 rings (SSSR count). The summed E-state index contributed by atoms with van der Waals surface area (Å²) in [6.45, 7) is 2.21. The van der Waals surface area contributed by atoms with E-state index in [-0.39, 0.29) is 24.4 Å². The Labute approximate surface area is 127 Å². The van der Waals surface area contributed by atoms with Gasteiger partial charge >= 0.3 is 0 Å². The molecule has 0 saturated heterocycles. The van der Waals surface area contributed by atoms with E-state index in [1.165, 1.54) is 0 Å². The summed E-state index contributed by atoms with van der Waals surface area (Å²) in [4.78, 5) is 23.7. The lowest BCUT2D eigenvalue weighted by molar-refractivity contribution is -0.120. The van der Waals surface area contributed by atoms with Crippen LogP contribution in [0.15, 0.2) is 28.7 Å². The normalized spacial score (nSPS) is 21.5. The molecule has 0 bridgehead atoms. The summed E-state index contributed by atoms with van der Waals surface area (Å²) < 4.78 is 0.725. The summed E-state index contributed by atoms with van der Waals surface area (Å²) in [5.74, 6) is 0.312. The molecule has 0 aromatic heterocycles. The standard InChI is InChI=1S/C15H19BrN2O2/c1-10-6-7-11(8-10)18-14(19)9-17-15(20)12-4-2-3-5-13(12)16/h2-5,10-11H,6-9H2,1H3,(H,17,20)(H,18,19). The van der Waals surface area contributed by atoms with E-state index in [0.717, 1.165) is 23.7 Å². The smallest absolute Gasteiger partial charge is 0.252 e. The van der Waals surface area contributed by atoms with Crippen LogP contribution in [-0.2, 0) is 4.79 Å². The summed E-state index contributed by atoms with van der Waals surface area (Å²) in [7, 11) is 0. The van der Waals surface area contributed by atoms with Crippen molar-refractivity contribution in [3.05, 3.63) is 34.3 Å². The van der Waals surface area contributed by atoms with Gasteiger partial charge in [0, 0.05) is 10.5 Å². The van der Waals surface area contributed by atoms with Crippen LogP contribution in [0.1, 0.15) is 36.5 Å². The second kappa shape index (κ2) is 6.88. The number of carbonyl (C=O) groups is 2. The first kappa shape index (κ1) is 15.0. The van der Waals surface area contributed by atoms with E-state index in [1.54, 1.807) is 18.2 Å². The second-order valence-corrected chi connectivity index (χ2v) is 6.20. The van der Waals surface area contributed by atoms with Gasteiger partial charge in [-0.15, -0.1) is 0 Å². The molecule has 2 atom stereocenters. The van der Waals surface area contributed by atoms with Gasteiger partial charge in [-0.05, 0) is 53.2 Å². The van der Waals surface area contributed by atoms with Crippen LogP contribution in [0.2, 0.25) is 0 Å². The third-order valence-corrected chi connectivity index (χ3v) is 4.28. The van der Waals surface area contributed by atoms with E-state index in [2.05, 4.69) is 33.5 Å². The van der Waals surface area contributed by atoms with Crippen molar-refractivity contribution in [2.24, 2.45) is 5.92 Å². The summed E-state index contributed by atoms with van der Waals surface area (Å²) in [6, 6.07) is 7.41. The second-order valence-electron chi connectivity index (χ2n) is 5.35. The Bertz CT molecular complexity index is 504. The van der Waals surface area contributed by atoms with Crippen molar-refractivity contribution in [3.8, 4) is 0 Å². The maximum atomic E-state index is 11.9. The molecule has 0 heterocycles. The topological polar surface area (TPSA) is 58.2 Å². The maximum absolute atomic E-state index is 11.9. The highest BCUT2D eigenvalue weighted by atomic mass is 79.9. The maximum Gasteiger partial charge on any atom is 0.252 e. The molecule has 4 nitrogen and oxygen atoms in total. The largest absolute Gasteiger partial charge is 0.352 e. The molecule has 20 heavy (non-hydrogen) atoms. The monoisotopic (exact) mass is 338 g/mol. The molecular formula is C15H19BrN2O2. The fourth-order valence-corrected chi connectivity index (χ4v) is 2.98. The molecular weight excluding hydrogens is 320 g/mol. The number of rotatable bonds is 4. The molecule has 0 spiro atoms. The summed E-state index contributed by atoms with van der Waals surface area (Å²) >= 11 is 3.32. The highest BCUT2D eigenvalue weighted by Crippen LogP contribution is 2.24. The third-order valence-electron chi connectivity index (χ3n) is 3.59. The van der Waals surface area contributed by atoms with Crippen molar-refractivity contribution >= 4 is 27.7 Å². The van der Waals surface area contributed by atoms with Crippen LogP contribution in [-0.4, -0.2) is 24.4 Å². The van der Waals surface area contributed by atoms with E-state index in [0.29, 0.717) is 11.5 Å². The van der Waals surface area contributed by atoms with Crippen LogP contribution < -0.4 is 10.6 Å². The molecule has 1 fully saturated rings. The van der Waals surface area contributed by atoms with Gasteiger partial charge < -0.3 is 10.6 Å². The van der Waals surface area contributed by atoms with Gasteiger partial charge in [0.15, 0.2) is 0 Å². The summed E-state index contributed by atoms with van der Waals surface area (Å²) in [5.41, 5.74) is 0.537. The Hall–Kier alpha value is -1.36. The summed E-state index contributed by atoms with van der Waals surface area (Å²) in [5, 5.41) is 5.61. The van der Waals surface area contributed by atoms with Gasteiger partial charge in [0.1, 0.15) is 0 Å². The van der Waals surface area contributed by atoms with Crippen LogP contribution in [0.25, 0.3) is 0 Å². The molecule has 1 aromatic rings. The zero-order chi connectivity index (χ0) is 14.5. The quantitative estimate of drug-likeness (QED) is 0.885. The first-order valence-electron chi connectivity index (χ1n) is 6.88. The van der Waals surface area contributed by atoms with Crippen LogP contribution >= 0.6 is 15.9 Å².